The lowest BCUT2D eigenvalue weighted by Gasteiger charge is -2.23. The summed E-state index contributed by atoms with van der Waals surface area (Å²) < 4.78 is 26.1. The quantitative estimate of drug-likeness (QED) is 0.785. The number of rotatable bonds is 2. The van der Waals surface area contributed by atoms with Gasteiger partial charge in [0.05, 0.1) is 18.3 Å². The molecule has 1 saturated carbocycles. The first-order valence-electron chi connectivity index (χ1n) is 6.80. The van der Waals surface area contributed by atoms with Gasteiger partial charge in [-0.15, -0.1) is 0 Å². The summed E-state index contributed by atoms with van der Waals surface area (Å²) in [6, 6.07) is -0.493. The second-order valence-corrected chi connectivity index (χ2v) is 5.95. The van der Waals surface area contributed by atoms with Gasteiger partial charge in [0.25, 0.3) is 5.56 Å². The molecule has 0 unspecified atom stereocenters. The van der Waals surface area contributed by atoms with Crippen molar-refractivity contribution >= 4 is 0 Å². The maximum atomic E-state index is 13.5. The van der Waals surface area contributed by atoms with Crippen molar-refractivity contribution in [1.82, 2.24) is 9.55 Å². The standard InChI is InChI=1S/C13H17FN2O5/c1-13(2)20-9-6(5-17)3-8(10(9)21-13)16-4-7(14)11(18)15-12(16)19/h4,6,8-10,17H,3,5H2,1-2H3,(H,15,18,19)/t6-,8-,9-,10+/m1/s1. The number of hydrogen-bond acceptors (Lipinski definition) is 5. The third-order valence-corrected chi connectivity index (χ3v) is 4.07. The van der Waals surface area contributed by atoms with Gasteiger partial charge in [-0.3, -0.25) is 14.3 Å². The molecule has 2 heterocycles. The van der Waals surface area contributed by atoms with Crippen molar-refractivity contribution < 1.29 is 19.0 Å². The molecular weight excluding hydrogens is 283 g/mol. The topological polar surface area (TPSA) is 93.5 Å². The highest BCUT2D eigenvalue weighted by Gasteiger charge is 2.54. The van der Waals surface area contributed by atoms with Gasteiger partial charge in [0.2, 0.25) is 5.82 Å². The number of hydrogen-bond donors (Lipinski definition) is 2. The number of nitrogens with one attached hydrogen (secondary N) is 1. The van der Waals surface area contributed by atoms with E-state index < -0.39 is 35.0 Å². The summed E-state index contributed by atoms with van der Waals surface area (Å²) in [7, 11) is 0. The molecule has 1 aromatic heterocycles. The van der Waals surface area contributed by atoms with Crippen LogP contribution in [0.4, 0.5) is 4.39 Å². The molecule has 0 bridgehead atoms. The number of aromatic nitrogens is 2. The lowest BCUT2D eigenvalue weighted by molar-refractivity contribution is -0.161. The zero-order valence-corrected chi connectivity index (χ0v) is 11.7. The Balaban J connectivity index is 2.01. The summed E-state index contributed by atoms with van der Waals surface area (Å²) in [5, 5.41) is 9.46. The molecule has 3 rings (SSSR count). The number of aromatic amines is 1. The maximum absolute atomic E-state index is 13.5. The molecule has 0 spiro atoms. The zero-order valence-electron chi connectivity index (χ0n) is 11.7. The fourth-order valence-electron chi connectivity index (χ4n) is 3.22. The zero-order chi connectivity index (χ0) is 15.4. The predicted molar refractivity (Wildman–Crippen MR) is 69.3 cm³/mol. The van der Waals surface area contributed by atoms with E-state index in [1.165, 1.54) is 0 Å². The lowest BCUT2D eigenvalue weighted by atomic mass is 10.1. The van der Waals surface area contributed by atoms with E-state index in [1.807, 2.05) is 4.98 Å². The van der Waals surface area contributed by atoms with Crippen LogP contribution in [0.1, 0.15) is 26.3 Å². The molecule has 21 heavy (non-hydrogen) atoms. The first-order chi connectivity index (χ1) is 9.82. The summed E-state index contributed by atoms with van der Waals surface area (Å²) in [6.45, 7) is 3.37. The van der Waals surface area contributed by atoms with Gasteiger partial charge in [-0.05, 0) is 20.3 Å². The summed E-state index contributed by atoms with van der Waals surface area (Å²) in [6.07, 6.45) is 0.460. The number of nitrogens with zero attached hydrogens (tertiary/aromatic N) is 1. The third-order valence-electron chi connectivity index (χ3n) is 4.07. The normalized spacial score (nSPS) is 34.1. The number of aliphatic hydroxyl groups is 1. The number of fused-ring (bicyclic) bond motifs is 1. The van der Waals surface area contributed by atoms with Gasteiger partial charge in [-0.2, -0.15) is 4.39 Å². The van der Waals surface area contributed by atoms with Gasteiger partial charge in [0.15, 0.2) is 5.79 Å². The van der Waals surface area contributed by atoms with Crippen LogP contribution in [-0.2, 0) is 9.47 Å². The van der Waals surface area contributed by atoms with Crippen molar-refractivity contribution in [3.63, 3.8) is 0 Å². The second-order valence-electron chi connectivity index (χ2n) is 5.95. The Morgan fingerprint density at radius 2 is 2.10 bits per heavy atom. The number of H-pyrrole nitrogens is 1. The van der Waals surface area contributed by atoms with Gasteiger partial charge in [-0.25, -0.2) is 4.79 Å². The van der Waals surface area contributed by atoms with E-state index in [1.54, 1.807) is 13.8 Å². The Hall–Kier alpha value is -1.51. The lowest BCUT2D eigenvalue weighted by Crippen LogP contribution is -2.38. The Morgan fingerprint density at radius 1 is 1.43 bits per heavy atom. The van der Waals surface area contributed by atoms with Gasteiger partial charge >= 0.3 is 5.69 Å². The van der Waals surface area contributed by atoms with Crippen LogP contribution in [0.2, 0.25) is 0 Å². The van der Waals surface area contributed by atoms with Crippen molar-refractivity contribution in [3.05, 3.63) is 32.9 Å². The van der Waals surface area contributed by atoms with Crippen LogP contribution in [0.3, 0.4) is 0 Å². The molecule has 0 amide bonds. The van der Waals surface area contributed by atoms with E-state index in [2.05, 4.69) is 0 Å². The van der Waals surface area contributed by atoms with Gasteiger partial charge in [-0.1, -0.05) is 0 Å². The van der Waals surface area contributed by atoms with E-state index in [-0.39, 0.29) is 18.6 Å². The summed E-state index contributed by atoms with van der Waals surface area (Å²) in [5.74, 6) is -2.06. The van der Waals surface area contributed by atoms with E-state index in [4.69, 9.17) is 9.47 Å². The molecule has 2 aliphatic rings. The van der Waals surface area contributed by atoms with E-state index >= 15 is 0 Å². The SMILES string of the molecule is CC1(C)O[C@@H]2[C@@H](CO)C[C@@H](n3cc(F)c(=O)[nH]c3=O)[C@@H]2O1. The average molecular weight is 300 g/mol. The Labute approximate surface area is 119 Å². The maximum Gasteiger partial charge on any atom is 0.328 e. The van der Waals surface area contributed by atoms with Crippen LogP contribution < -0.4 is 11.2 Å². The number of ether oxygens (including phenoxy) is 2. The van der Waals surface area contributed by atoms with Crippen LogP contribution in [0.5, 0.6) is 0 Å². The van der Waals surface area contributed by atoms with E-state index in [9.17, 15) is 19.1 Å². The molecule has 2 fully saturated rings. The minimum absolute atomic E-state index is 0.113. The molecule has 2 N–H and O–H groups in total. The molecule has 0 radical (unpaired) electrons. The Bertz CT molecular complexity index is 667. The minimum atomic E-state index is -1.05. The molecule has 4 atom stereocenters. The Morgan fingerprint density at radius 3 is 2.76 bits per heavy atom. The minimum Gasteiger partial charge on any atom is -0.396 e. The van der Waals surface area contributed by atoms with Crippen molar-refractivity contribution in [1.29, 1.82) is 0 Å². The van der Waals surface area contributed by atoms with Gasteiger partial charge < -0.3 is 14.6 Å². The molecular formula is C13H17FN2O5. The fourth-order valence-corrected chi connectivity index (χ4v) is 3.22. The molecule has 1 aliphatic carbocycles. The van der Waals surface area contributed by atoms with Crippen molar-refractivity contribution in [3.8, 4) is 0 Å². The van der Waals surface area contributed by atoms with Crippen LogP contribution >= 0.6 is 0 Å². The third kappa shape index (κ3) is 2.33. The molecule has 0 aromatic carbocycles. The van der Waals surface area contributed by atoms with E-state index in [0.29, 0.717) is 6.42 Å². The van der Waals surface area contributed by atoms with Crippen LogP contribution in [-0.4, -0.2) is 39.3 Å². The smallest absolute Gasteiger partial charge is 0.328 e. The highest BCUT2D eigenvalue weighted by Crippen LogP contribution is 2.46. The number of halogens is 1. The summed E-state index contributed by atoms with van der Waals surface area (Å²) >= 11 is 0. The van der Waals surface area contributed by atoms with Crippen LogP contribution in [0.25, 0.3) is 0 Å². The van der Waals surface area contributed by atoms with Gasteiger partial charge in [0, 0.05) is 12.5 Å². The summed E-state index contributed by atoms with van der Waals surface area (Å²) in [5.41, 5.74) is -1.74. The highest BCUT2D eigenvalue weighted by atomic mass is 19.1. The number of aliphatic hydroxyl groups excluding tert-OH is 1. The van der Waals surface area contributed by atoms with Crippen molar-refractivity contribution in [2.45, 2.75) is 44.3 Å². The predicted octanol–water partition coefficient (Wildman–Crippen LogP) is -0.251. The first-order valence-corrected chi connectivity index (χ1v) is 6.80. The van der Waals surface area contributed by atoms with Gasteiger partial charge in [0.1, 0.15) is 6.10 Å². The van der Waals surface area contributed by atoms with Crippen LogP contribution in [0, 0.1) is 11.7 Å². The summed E-state index contributed by atoms with van der Waals surface area (Å²) in [4.78, 5) is 25.0. The first kappa shape index (κ1) is 14.4. The monoisotopic (exact) mass is 300 g/mol. The fraction of sp³-hybridized carbons (Fsp3) is 0.692. The molecule has 1 saturated heterocycles. The largest absolute Gasteiger partial charge is 0.396 e. The van der Waals surface area contributed by atoms with Crippen LogP contribution in [0.15, 0.2) is 15.8 Å². The molecule has 116 valence electrons. The van der Waals surface area contributed by atoms with Crippen molar-refractivity contribution in [2.75, 3.05) is 6.61 Å². The molecule has 1 aromatic rings. The second kappa shape index (κ2) is 4.75. The van der Waals surface area contributed by atoms with E-state index in [0.717, 1.165) is 10.8 Å². The molecule has 7 nitrogen and oxygen atoms in total. The van der Waals surface area contributed by atoms with Crippen molar-refractivity contribution in [2.24, 2.45) is 5.92 Å². The highest BCUT2D eigenvalue weighted by molar-refractivity contribution is 5.03. The molecule has 8 heteroatoms. The Kier molecular flexibility index (Phi) is 3.27. The average Bonchev–Trinajstić information content (AvgIpc) is 2.87. The molecule has 1 aliphatic heterocycles.